The predicted octanol–water partition coefficient (Wildman–Crippen LogP) is 4.56. The molecule has 7 heteroatoms. The fourth-order valence-electron chi connectivity index (χ4n) is 4.21. The van der Waals surface area contributed by atoms with Gasteiger partial charge in [-0.2, -0.15) is 0 Å². The molecule has 1 aliphatic rings. The molecule has 0 aliphatic carbocycles. The standard InChI is InChI=1S/C27H33NO6/c1-6-13-34-20-10-8-19(9-11-20)24-23(26(30)27(31)28(24)12-7-14-32-4)25(29)21-15-18(3)22(33-5)16-17(21)2/h8-11,15-16,24,29H,6-7,12-14H2,1-5H3/b25-23+. The molecule has 3 rings (SSSR count). The van der Waals surface area contributed by atoms with E-state index in [1.165, 1.54) is 4.90 Å². The van der Waals surface area contributed by atoms with Crippen LogP contribution in [0.5, 0.6) is 11.5 Å². The van der Waals surface area contributed by atoms with Gasteiger partial charge in [-0.05, 0) is 67.6 Å². The molecule has 1 atom stereocenters. The molecule has 7 nitrogen and oxygen atoms in total. The minimum Gasteiger partial charge on any atom is -0.507 e. The monoisotopic (exact) mass is 467 g/mol. The van der Waals surface area contributed by atoms with Crippen molar-refractivity contribution in [1.82, 2.24) is 4.90 Å². The zero-order valence-corrected chi connectivity index (χ0v) is 20.5. The van der Waals surface area contributed by atoms with E-state index in [0.717, 1.165) is 23.1 Å². The van der Waals surface area contributed by atoms with Gasteiger partial charge in [-0.15, -0.1) is 0 Å². The Labute approximate surface area is 200 Å². The van der Waals surface area contributed by atoms with E-state index < -0.39 is 17.7 Å². The number of hydrogen-bond donors (Lipinski definition) is 1. The molecule has 1 N–H and O–H groups in total. The van der Waals surface area contributed by atoms with Crippen LogP contribution in [-0.4, -0.2) is 55.7 Å². The van der Waals surface area contributed by atoms with E-state index in [2.05, 4.69) is 0 Å². The Morgan fingerprint density at radius 2 is 1.74 bits per heavy atom. The average molecular weight is 468 g/mol. The number of Topliss-reactive ketones (excluding diaryl/α,β-unsaturated/α-hetero) is 1. The second kappa shape index (κ2) is 11.2. The number of benzene rings is 2. The topological polar surface area (TPSA) is 85.3 Å². The highest BCUT2D eigenvalue weighted by atomic mass is 16.5. The van der Waals surface area contributed by atoms with Crippen LogP contribution in [0.25, 0.3) is 5.76 Å². The predicted molar refractivity (Wildman–Crippen MR) is 130 cm³/mol. The molecule has 34 heavy (non-hydrogen) atoms. The minimum absolute atomic E-state index is 0.0808. The zero-order valence-electron chi connectivity index (χ0n) is 20.5. The Hall–Kier alpha value is -3.32. The van der Waals surface area contributed by atoms with Crippen molar-refractivity contribution in [3.63, 3.8) is 0 Å². The van der Waals surface area contributed by atoms with Gasteiger partial charge in [-0.25, -0.2) is 0 Å². The van der Waals surface area contributed by atoms with Crippen molar-refractivity contribution in [3.05, 3.63) is 64.2 Å². The molecule has 0 bridgehead atoms. The number of nitrogens with zero attached hydrogens (tertiary/aromatic N) is 1. The quantitative estimate of drug-likeness (QED) is 0.239. The molecule has 0 aromatic heterocycles. The highest BCUT2D eigenvalue weighted by Crippen LogP contribution is 2.41. The molecular formula is C27H33NO6. The van der Waals surface area contributed by atoms with Crippen LogP contribution in [0, 0.1) is 13.8 Å². The third kappa shape index (κ3) is 5.09. The Morgan fingerprint density at radius 3 is 2.35 bits per heavy atom. The fourth-order valence-corrected chi connectivity index (χ4v) is 4.21. The largest absolute Gasteiger partial charge is 0.507 e. The number of carbonyl (C=O) groups is 2. The minimum atomic E-state index is -0.709. The van der Waals surface area contributed by atoms with Crippen LogP contribution in [0.3, 0.4) is 0 Å². The first kappa shape index (κ1) is 25.3. The number of ether oxygens (including phenoxy) is 3. The maximum atomic E-state index is 13.2. The van der Waals surface area contributed by atoms with Gasteiger partial charge in [-0.1, -0.05) is 19.1 Å². The molecule has 1 heterocycles. The lowest BCUT2D eigenvalue weighted by atomic mass is 9.93. The molecule has 2 aromatic carbocycles. The van der Waals surface area contributed by atoms with E-state index in [1.54, 1.807) is 20.3 Å². The highest BCUT2D eigenvalue weighted by molar-refractivity contribution is 6.46. The van der Waals surface area contributed by atoms with Crippen molar-refractivity contribution >= 4 is 17.4 Å². The van der Waals surface area contributed by atoms with E-state index >= 15 is 0 Å². The lowest BCUT2D eigenvalue weighted by Crippen LogP contribution is -2.31. The maximum Gasteiger partial charge on any atom is 0.295 e. The molecule has 0 saturated carbocycles. The number of aliphatic hydroxyl groups excluding tert-OH is 1. The van der Waals surface area contributed by atoms with Crippen LogP contribution in [0.2, 0.25) is 0 Å². The van der Waals surface area contributed by atoms with E-state index in [0.29, 0.717) is 43.2 Å². The van der Waals surface area contributed by atoms with Crippen molar-refractivity contribution in [3.8, 4) is 11.5 Å². The summed E-state index contributed by atoms with van der Waals surface area (Å²) in [6.07, 6.45) is 1.46. The Morgan fingerprint density at radius 1 is 1.03 bits per heavy atom. The molecule has 182 valence electrons. The van der Waals surface area contributed by atoms with Crippen LogP contribution < -0.4 is 9.47 Å². The summed E-state index contributed by atoms with van der Waals surface area (Å²) < 4.78 is 16.2. The molecule has 2 aromatic rings. The zero-order chi connectivity index (χ0) is 24.8. The summed E-state index contributed by atoms with van der Waals surface area (Å²) in [6.45, 7) is 7.12. The lowest BCUT2D eigenvalue weighted by molar-refractivity contribution is -0.140. The SMILES string of the molecule is CCCOc1ccc(C2/C(=C(\O)c3cc(C)c(OC)cc3C)C(=O)C(=O)N2CCCOC)cc1. The fraction of sp³-hybridized carbons (Fsp3) is 0.407. The molecule has 0 radical (unpaired) electrons. The smallest absolute Gasteiger partial charge is 0.295 e. The van der Waals surface area contributed by atoms with Gasteiger partial charge in [0.2, 0.25) is 0 Å². The molecule has 1 amide bonds. The summed E-state index contributed by atoms with van der Waals surface area (Å²) in [5.74, 6) is -0.111. The van der Waals surface area contributed by atoms with Crippen LogP contribution >= 0.6 is 0 Å². The number of hydrogen-bond acceptors (Lipinski definition) is 6. The molecule has 1 saturated heterocycles. The number of amides is 1. The maximum absolute atomic E-state index is 13.2. The lowest BCUT2D eigenvalue weighted by Gasteiger charge is -2.25. The number of ketones is 1. The van der Waals surface area contributed by atoms with Crippen molar-refractivity contribution in [2.45, 2.75) is 39.7 Å². The second-order valence-corrected chi connectivity index (χ2v) is 8.39. The number of aryl methyl sites for hydroxylation is 2. The number of aliphatic hydroxyl groups is 1. The Bertz CT molecular complexity index is 1070. The third-order valence-corrected chi connectivity index (χ3v) is 5.95. The number of likely N-dealkylation sites (tertiary alicyclic amines) is 1. The van der Waals surface area contributed by atoms with Gasteiger partial charge >= 0.3 is 0 Å². The van der Waals surface area contributed by atoms with E-state index in [4.69, 9.17) is 14.2 Å². The molecular weight excluding hydrogens is 434 g/mol. The van der Waals surface area contributed by atoms with E-state index in [-0.39, 0.29) is 11.3 Å². The van der Waals surface area contributed by atoms with Gasteiger partial charge < -0.3 is 24.2 Å². The van der Waals surface area contributed by atoms with Gasteiger partial charge in [0.25, 0.3) is 11.7 Å². The normalized spacial score (nSPS) is 17.3. The summed E-state index contributed by atoms with van der Waals surface area (Å²) >= 11 is 0. The second-order valence-electron chi connectivity index (χ2n) is 8.39. The average Bonchev–Trinajstić information content (AvgIpc) is 3.09. The highest BCUT2D eigenvalue weighted by Gasteiger charge is 2.46. The van der Waals surface area contributed by atoms with Gasteiger partial charge in [0.05, 0.1) is 25.3 Å². The first-order valence-electron chi connectivity index (χ1n) is 11.5. The van der Waals surface area contributed by atoms with Crippen molar-refractivity contribution in [2.75, 3.05) is 34.0 Å². The summed E-state index contributed by atoms with van der Waals surface area (Å²) in [5, 5.41) is 11.4. The third-order valence-electron chi connectivity index (χ3n) is 5.95. The van der Waals surface area contributed by atoms with E-state index in [9.17, 15) is 14.7 Å². The molecule has 1 aliphatic heterocycles. The Kier molecular flexibility index (Phi) is 8.34. The van der Waals surface area contributed by atoms with Crippen molar-refractivity contribution in [1.29, 1.82) is 0 Å². The van der Waals surface area contributed by atoms with Gasteiger partial charge in [0.1, 0.15) is 17.3 Å². The van der Waals surface area contributed by atoms with Gasteiger partial charge in [-0.3, -0.25) is 9.59 Å². The summed E-state index contributed by atoms with van der Waals surface area (Å²) in [5.41, 5.74) is 2.87. The summed E-state index contributed by atoms with van der Waals surface area (Å²) in [4.78, 5) is 27.7. The van der Waals surface area contributed by atoms with Gasteiger partial charge in [0, 0.05) is 25.8 Å². The van der Waals surface area contributed by atoms with Gasteiger partial charge in [0.15, 0.2) is 0 Å². The molecule has 1 fully saturated rings. The van der Waals surface area contributed by atoms with Crippen LogP contribution in [0.15, 0.2) is 42.0 Å². The first-order valence-corrected chi connectivity index (χ1v) is 11.5. The Balaban J connectivity index is 2.12. The molecule has 1 unspecified atom stereocenters. The number of methoxy groups -OCH3 is 2. The van der Waals surface area contributed by atoms with Crippen LogP contribution in [0.1, 0.15) is 48.1 Å². The number of rotatable bonds is 10. The van der Waals surface area contributed by atoms with Crippen molar-refractivity contribution in [2.24, 2.45) is 0 Å². The molecule has 0 spiro atoms. The van der Waals surface area contributed by atoms with E-state index in [1.807, 2.05) is 51.1 Å². The van der Waals surface area contributed by atoms with Crippen LogP contribution in [-0.2, 0) is 14.3 Å². The van der Waals surface area contributed by atoms with Crippen LogP contribution in [0.4, 0.5) is 0 Å². The number of carbonyl (C=O) groups excluding carboxylic acids is 2. The summed E-state index contributed by atoms with van der Waals surface area (Å²) in [7, 11) is 3.18. The first-order chi connectivity index (χ1) is 16.3. The summed E-state index contributed by atoms with van der Waals surface area (Å²) in [6, 6.07) is 10.2. The van der Waals surface area contributed by atoms with Crippen molar-refractivity contribution < 1.29 is 28.9 Å².